The maximum absolute atomic E-state index is 5.02. The summed E-state index contributed by atoms with van der Waals surface area (Å²) in [6.07, 6.45) is 0. The van der Waals surface area contributed by atoms with Gasteiger partial charge in [-0.15, -0.1) is 0 Å². The topological polar surface area (TPSA) is 26.6 Å². The molecule has 1 fully saturated rings. The molecule has 0 aliphatic carbocycles. The van der Waals surface area contributed by atoms with Crippen molar-refractivity contribution in [1.82, 2.24) is 10.2 Å². The largest absolute Gasteiger partial charge is 0.383 e. The van der Waals surface area contributed by atoms with Crippen LogP contribution in [0.4, 0.5) is 0 Å². The van der Waals surface area contributed by atoms with Crippen LogP contribution in [-0.2, 0) is 4.74 Å². The fourth-order valence-corrected chi connectivity index (χ4v) is 1.35. The third-order valence-corrected chi connectivity index (χ3v) is 2.14. The molecule has 1 atom stereocenters. The first-order valence-electron chi connectivity index (χ1n) is 4.21. The molecule has 0 amide bonds. The molecule has 1 rings (SSSR count). The Bertz CT molecular complexity index is 108. The molecule has 0 saturated carbocycles. The first kappa shape index (κ1) is 8.97. The van der Waals surface area contributed by atoms with E-state index in [1.54, 1.807) is 7.11 Å². The van der Waals surface area contributed by atoms with Gasteiger partial charge in [-0.25, -0.2) is 5.32 Å². The third kappa shape index (κ3) is 2.77. The lowest BCUT2D eigenvalue weighted by molar-refractivity contribution is 0.109. The summed E-state index contributed by atoms with van der Waals surface area (Å²) in [5.74, 6) is 0. The molecule has 0 bridgehead atoms. The first-order chi connectivity index (χ1) is 5.34. The molecule has 1 radical (unpaired) electrons. The standard InChI is InChI=1S/C8H17N2O/c1-8-7-9-3-4-10(8)5-6-11-2/h8H,3-7H2,1-2H3. The molecular weight excluding hydrogens is 140 g/mol. The normalized spacial score (nSPS) is 27.3. The van der Waals surface area contributed by atoms with Gasteiger partial charge in [-0.05, 0) is 6.92 Å². The molecule has 1 unspecified atom stereocenters. The molecular formula is C8H17N2O. The van der Waals surface area contributed by atoms with Gasteiger partial charge in [0.05, 0.1) is 6.61 Å². The average molecular weight is 157 g/mol. The monoisotopic (exact) mass is 157 g/mol. The zero-order chi connectivity index (χ0) is 8.10. The van der Waals surface area contributed by atoms with E-state index >= 15 is 0 Å². The number of rotatable bonds is 3. The molecule has 3 heteroatoms. The van der Waals surface area contributed by atoms with Crippen molar-refractivity contribution in [2.24, 2.45) is 0 Å². The second-order valence-corrected chi connectivity index (χ2v) is 3.01. The van der Waals surface area contributed by atoms with E-state index in [9.17, 15) is 0 Å². The van der Waals surface area contributed by atoms with Gasteiger partial charge in [0, 0.05) is 39.3 Å². The summed E-state index contributed by atoms with van der Waals surface area (Å²) >= 11 is 0. The molecule has 65 valence electrons. The van der Waals surface area contributed by atoms with Gasteiger partial charge in [-0.1, -0.05) is 0 Å². The number of piperazine rings is 1. The van der Waals surface area contributed by atoms with Gasteiger partial charge in [0.2, 0.25) is 0 Å². The van der Waals surface area contributed by atoms with Crippen LogP contribution in [0.5, 0.6) is 0 Å². The highest BCUT2D eigenvalue weighted by molar-refractivity contribution is 4.74. The van der Waals surface area contributed by atoms with Gasteiger partial charge in [0.1, 0.15) is 0 Å². The van der Waals surface area contributed by atoms with Crippen molar-refractivity contribution in [3.8, 4) is 0 Å². The Kier molecular flexibility index (Phi) is 3.83. The van der Waals surface area contributed by atoms with Crippen molar-refractivity contribution in [2.75, 3.05) is 39.9 Å². The number of hydrogen-bond donors (Lipinski definition) is 0. The van der Waals surface area contributed by atoms with Crippen molar-refractivity contribution in [1.29, 1.82) is 0 Å². The lowest BCUT2D eigenvalue weighted by Gasteiger charge is -2.32. The smallest absolute Gasteiger partial charge is 0.0589 e. The highest BCUT2D eigenvalue weighted by atomic mass is 16.5. The third-order valence-electron chi connectivity index (χ3n) is 2.14. The number of nitrogens with zero attached hydrogens (tertiary/aromatic N) is 2. The number of hydrogen-bond acceptors (Lipinski definition) is 2. The van der Waals surface area contributed by atoms with Crippen LogP contribution in [0.25, 0.3) is 0 Å². The summed E-state index contributed by atoms with van der Waals surface area (Å²) in [6.45, 7) is 7.19. The van der Waals surface area contributed by atoms with Gasteiger partial charge in [0.15, 0.2) is 0 Å². The Labute approximate surface area is 68.7 Å². The van der Waals surface area contributed by atoms with Crippen molar-refractivity contribution < 1.29 is 4.74 Å². The summed E-state index contributed by atoms with van der Waals surface area (Å²) in [7, 11) is 1.75. The fraction of sp³-hybridized carbons (Fsp3) is 1.00. The molecule has 1 heterocycles. The van der Waals surface area contributed by atoms with Crippen LogP contribution in [-0.4, -0.2) is 50.8 Å². The quantitative estimate of drug-likeness (QED) is 0.574. The maximum atomic E-state index is 5.02. The molecule has 3 nitrogen and oxygen atoms in total. The van der Waals surface area contributed by atoms with Crippen LogP contribution in [0.15, 0.2) is 0 Å². The van der Waals surface area contributed by atoms with Crippen molar-refractivity contribution in [3.63, 3.8) is 0 Å². The highest BCUT2D eigenvalue weighted by Gasteiger charge is 2.17. The Morgan fingerprint density at radius 1 is 1.64 bits per heavy atom. The van der Waals surface area contributed by atoms with Crippen LogP contribution in [0.2, 0.25) is 0 Å². The number of methoxy groups -OCH3 is 1. The predicted molar refractivity (Wildman–Crippen MR) is 44.8 cm³/mol. The van der Waals surface area contributed by atoms with E-state index < -0.39 is 0 Å². The second-order valence-electron chi connectivity index (χ2n) is 3.01. The van der Waals surface area contributed by atoms with Crippen molar-refractivity contribution in [2.45, 2.75) is 13.0 Å². The average Bonchev–Trinajstić information content (AvgIpc) is 2.03. The van der Waals surface area contributed by atoms with Gasteiger partial charge in [-0.2, -0.15) is 0 Å². The minimum absolute atomic E-state index is 0.610. The van der Waals surface area contributed by atoms with Crippen LogP contribution in [0.1, 0.15) is 6.92 Å². The molecule has 0 aromatic rings. The van der Waals surface area contributed by atoms with Crippen LogP contribution in [0, 0.1) is 0 Å². The minimum atomic E-state index is 0.610. The molecule has 0 aromatic carbocycles. The molecule has 1 aliphatic rings. The Morgan fingerprint density at radius 3 is 3.09 bits per heavy atom. The van der Waals surface area contributed by atoms with Crippen LogP contribution in [0.3, 0.4) is 0 Å². The van der Waals surface area contributed by atoms with E-state index in [0.717, 1.165) is 32.8 Å². The molecule has 11 heavy (non-hydrogen) atoms. The summed E-state index contributed by atoms with van der Waals surface area (Å²) in [6, 6.07) is 0.610. The molecule has 0 aromatic heterocycles. The summed E-state index contributed by atoms with van der Waals surface area (Å²) < 4.78 is 5.02. The van der Waals surface area contributed by atoms with E-state index in [2.05, 4.69) is 17.1 Å². The van der Waals surface area contributed by atoms with E-state index in [1.807, 2.05) is 0 Å². The fourth-order valence-electron chi connectivity index (χ4n) is 1.35. The van der Waals surface area contributed by atoms with Gasteiger partial charge >= 0.3 is 0 Å². The van der Waals surface area contributed by atoms with Crippen LogP contribution >= 0.6 is 0 Å². The Hall–Kier alpha value is -0.120. The highest BCUT2D eigenvalue weighted by Crippen LogP contribution is 2.01. The SMILES string of the molecule is COCCN1CC[N]CC1C. The van der Waals surface area contributed by atoms with Crippen LogP contribution < -0.4 is 5.32 Å². The Morgan fingerprint density at radius 2 is 2.45 bits per heavy atom. The first-order valence-corrected chi connectivity index (χ1v) is 4.21. The Balaban J connectivity index is 2.18. The predicted octanol–water partition coefficient (Wildman–Crippen LogP) is -0.0587. The summed E-state index contributed by atoms with van der Waals surface area (Å²) in [5.41, 5.74) is 0. The zero-order valence-corrected chi connectivity index (χ0v) is 7.42. The number of ether oxygens (including phenoxy) is 1. The van der Waals surface area contributed by atoms with E-state index in [0.29, 0.717) is 6.04 Å². The van der Waals surface area contributed by atoms with E-state index in [-0.39, 0.29) is 0 Å². The lowest BCUT2D eigenvalue weighted by Crippen LogP contribution is -2.48. The summed E-state index contributed by atoms with van der Waals surface area (Å²) in [5, 5.41) is 4.33. The van der Waals surface area contributed by atoms with Gasteiger partial charge in [-0.3, -0.25) is 4.90 Å². The molecule has 0 N–H and O–H groups in total. The van der Waals surface area contributed by atoms with Crippen molar-refractivity contribution in [3.05, 3.63) is 0 Å². The maximum Gasteiger partial charge on any atom is 0.0589 e. The molecule has 1 aliphatic heterocycles. The molecule has 0 spiro atoms. The summed E-state index contributed by atoms with van der Waals surface area (Å²) in [4.78, 5) is 2.43. The second kappa shape index (κ2) is 4.70. The lowest BCUT2D eigenvalue weighted by atomic mass is 10.2. The van der Waals surface area contributed by atoms with E-state index in [1.165, 1.54) is 0 Å². The van der Waals surface area contributed by atoms with E-state index in [4.69, 9.17) is 4.74 Å². The van der Waals surface area contributed by atoms with Gasteiger partial charge in [0.25, 0.3) is 0 Å². The molecule has 1 saturated heterocycles. The van der Waals surface area contributed by atoms with Crippen molar-refractivity contribution >= 4 is 0 Å². The minimum Gasteiger partial charge on any atom is -0.383 e. The zero-order valence-electron chi connectivity index (χ0n) is 7.42. The van der Waals surface area contributed by atoms with Gasteiger partial charge < -0.3 is 4.74 Å².